The predicted molar refractivity (Wildman–Crippen MR) is 143 cm³/mol. The molecule has 39 heavy (non-hydrogen) atoms. The van der Waals surface area contributed by atoms with Crippen LogP contribution in [0, 0.1) is 24.4 Å². The van der Waals surface area contributed by atoms with Gasteiger partial charge in [-0.2, -0.15) is 0 Å². The molecule has 4 aromatic carbocycles. The van der Waals surface area contributed by atoms with Crippen LogP contribution in [-0.2, 0) is 21.4 Å². The molecule has 4 aromatic rings. The second kappa shape index (κ2) is 11.8. The monoisotopic (exact) mass is 574 g/mol. The first-order valence-electron chi connectivity index (χ1n) is 11.5. The van der Waals surface area contributed by atoms with Gasteiger partial charge >= 0.3 is 0 Å². The van der Waals surface area contributed by atoms with E-state index in [1.807, 2.05) is 6.92 Å². The summed E-state index contributed by atoms with van der Waals surface area (Å²) in [5.41, 5.74) is 1.43. The number of ether oxygens (including phenoxy) is 1. The van der Waals surface area contributed by atoms with Crippen molar-refractivity contribution in [1.82, 2.24) is 0 Å². The lowest BCUT2D eigenvalue weighted by atomic mass is 10.2. The fraction of sp³-hybridized carbons (Fsp3) is 0.107. The quantitative estimate of drug-likeness (QED) is 0.232. The van der Waals surface area contributed by atoms with E-state index in [4.69, 9.17) is 16.3 Å². The zero-order chi connectivity index (χ0) is 28.2. The Morgan fingerprint density at radius 2 is 1.51 bits per heavy atom. The lowest BCUT2D eigenvalue weighted by Gasteiger charge is -2.25. The van der Waals surface area contributed by atoms with E-state index >= 15 is 0 Å². The molecule has 0 aliphatic carbocycles. The normalized spacial score (nSPS) is 11.2. The minimum absolute atomic E-state index is 0.0236. The van der Waals surface area contributed by atoms with Crippen LogP contribution in [0.3, 0.4) is 0 Å². The number of rotatable bonds is 9. The molecule has 11 heteroatoms. The van der Waals surface area contributed by atoms with Crippen molar-refractivity contribution in [3.8, 4) is 5.75 Å². The van der Waals surface area contributed by atoms with Crippen molar-refractivity contribution in [3.05, 3.63) is 119 Å². The van der Waals surface area contributed by atoms with Crippen LogP contribution in [0.4, 0.5) is 24.5 Å². The van der Waals surface area contributed by atoms with Gasteiger partial charge in [-0.15, -0.1) is 0 Å². The number of hydrogen-bond acceptors (Lipinski definition) is 4. The van der Waals surface area contributed by atoms with Crippen molar-refractivity contribution in [1.29, 1.82) is 0 Å². The Hall–Kier alpha value is -4.02. The van der Waals surface area contributed by atoms with Crippen LogP contribution in [0.1, 0.15) is 11.1 Å². The van der Waals surface area contributed by atoms with E-state index in [2.05, 4.69) is 5.32 Å². The summed E-state index contributed by atoms with van der Waals surface area (Å²) < 4.78 is 74.1. The highest BCUT2D eigenvalue weighted by molar-refractivity contribution is 7.92. The second-order valence-corrected chi connectivity index (χ2v) is 10.8. The molecule has 0 aliphatic heterocycles. The van der Waals surface area contributed by atoms with Gasteiger partial charge in [0.05, 0.1) is 22.8 Å². The highest BCUT2D eigenvalue weighted by Crippen LogP contribution is 2.28. The molecule has 4 rings (SSSR count). The molecular formula is C28H22ClF3N2O4S. The molecule has 0 unspecified atom stereocenters. The first-order chi connectivity index (χ1) is 18.5. The Morgan fingerprint density at radius 3 is 2.15 bits per heavy atom. The average Bonchev–Trinajstić information content (AvgIpc) is 2.92. The number of amides is 1. The number of aryl methyl sites for hydroxylation is 1. The smallest absolute Gasteiger partial charge is 0.264 e. The third-order valence-corrected chi connectivity index (χ3v) is 7.69. The van der Waals surface area contributed by atoms with Gasteiger partial charge in [-0.25, -0.2) is 21.6 Å². The topological polar surface area (TPSA) is 75.7 Å². The van der Waals surface area contributed by atoms with E-state index in [9.17, 15) is 26.4 Å². The maximum Gasteiger partial charge on any atom is 0.264 e. The first kappa shape index (κ1) is 28.0. The van der Waals surface area contributed by atoms with Crippen molar-refractivity contribution < 1.29 is 31.1 Å². The summed E-state index contributed by atoms with van der Waals surface area (Å²) in [6.07, 6.45) is 0. The lowest BCUT2D eigenvalue weighted by Crippen LogP contribution is -2.30. The Morgan fingerprint density at radius 1 is 0.872 bits per heavy atom. The number of carbonyl (C=O) groups excluding carboxylic acids is 1. The summed E-state index contributed by atoms with van der Waals surface area (Å²) in [6, 6.07) is 20.8. The van der Waals surface area contributed by atoms with Crippen molar-refractivity contribution in [2.45, 2.75) is 18.4 Å². The number of carbonyl (C=O) groups is 1. The third-order valence-electron chi connectivity index (χ3n) is 5.65. The van der Waals surface area contributed by atoms with Gasteiger partial charge in [0.1, 0.15) is 5.75 Å². The van der Waals surface area contributed by atoms with Gasteiger partial charge in [0.25, 0.3) is 15.9 Å². The fourth-order valence-electron chi connectivity index (χ4n) is 3.57. The number of nitrogens with one attached hydrogen (secondary N) is 1. The van der Waals surface area contributed by atoms with Crippen LogP contribution in [0.15, 0.2) is 89.8 Å². The molecule has 202 valence electrons. The maximum atomic E-state index is 13.8. The van der Waals surface area contributed by atoms with Crippen molar-refractivity contribution in [3.63, 3.8) is 0 Å². The van der Waals surface area contributed by atoms with Gasteiger partial charge in [-0.1, -0.05) is 41.4 Å². The molecule has 6 nitrogen and oxygen atoms in total. The van der Waals surface area contributed by atoms with Crippen molar-refractivity contribution in [2.75, 3.05) is 16.2 Å². The van der Waals surface area contributed by atoms with Gasteiger partial charge in [0, 0.05) is 5.02 Å². The van der Waals surface area contributed by atoms with E-state index in [1.54, 1.807) is 36.4 Å². The molecule has 0 atom stereocenters. The highest BCUT2D eigenvalue weighted by Gasteiger charge is 2.25. The standard InChI is InChI=1S/C28H22ClF3N2O4S/c1-18-2-12-23(13-3-18)39(36,37)34(16-19-4-6-20(29)7-5-19)21-8-10-22(11-9-21)38-17-26(35)33-25-15-14-24(30)27(31)28(25)32/h2-15H,16-17H2,1H3,(H,33,35). The zero-order valence-electron chi connectivity index (χ0n) is 20.5. The molecule has 1 N–H and O–H groups in total. The van der Waals surface area contributed by atoms with E-state index in [0.29, 0.717) is 22.3 Å². The number of anilines is 2. The number of sulfonamides is 1. The first-order valence-corrected chi connectivity index (χ1v) is 13.4. The fourth-order valence-corrected chi connectivity index (χ4v) is 5.15. The number of halogens is 4. The molecule has 1 amide bonds. The van der Waals surface area contributed by atoms with Crippen LogP contribution >= 0.6 is 11.6 Å². The third kappa shape index (κ3) is 6.71. The number of benzene rings is 4. The average molecular weight is 575 g/mol. The zero-order valence-corrected chi connectivity index (χ0v) is 22.1. The largest absolute Gasteiger partial charge is 0.484 e. The summed E-state index contributed by atoms with van der Waals surface area (Å²) in [7, 11) is -3.96. The second-order valence-electron chi connectivity index (χ2n) is 8.50. The highest BCUT2D eigenvalue weighted by atomic mass is 35.5. The molecule has 0 aliphatic rings. The Balaban J connectivity index is 1.51. The molecule has 0 fully saturated rings. The van der Waals surface area contributed by atoms with Crippen LogP contribution in [0.5, 0.6) is 5.75 Å². The number of nitrogens with zero attached hydrogens (tertiary/aromatic N) is 1. The van der Waals surface area contributed by atoms with Gasteiger partial charge in [0.2, 0.25) is 0 Å². The minimum atomic E-state index is -3.96. The van der Waals surface area contributed by atoms with E-state index < -0.39 is 45.7 Å². The SMILES string of the molecule is Cc1ccc(S(=O)(=O)N(Cc2ccc(Cl)cc2)c2ccc(OCC(=O)Nc3ccc(F)c(F)c3F)cc2)cc1. The predicted octanol–water partition coefficient (Wildman–Crippen LogP) is 6.48. The molecule has 0 radical (unpaired) electrons. The Labute approximate surface area is 228 Å². The molecule has 0 saturated heterocycles. The van der Waals surface area contributed by atoms with Gasteiger partial charge in [-0.05, 0) is 73.2 Å². The van der Waals surface area contributed by atoms with Crippen LogP contribution in [0.2, 0.25) is 5.02 Å². The molecular weight excluding hydrogens is 553 g/mol. The van der Waals surface area contributed by atoms with Crippen molar-refractivity contribution >= 4 is 38.9 Å². The molecule has 0 bridgehead atoms. The van der Waals surface area contributed by atoms with Crippen molar-refractivity contribution in [2.24, 2.45) is 0 Å². The summed E-state index contributed by atoms with van der Waals surface area (Å²) in [6.45, 7) is 1.32. The lowest BCUT2D eigenvalue weighted by molar-refractivity contribution is -0.118. The van der Waals surface area contributed by atoms with Gasteiger partial charge in [-0.3, -0.25) is 9.10 Å². The Bertz CT molecular complexity index is 1580. The van der Waals surface area contributed by atoms with E-state index in [1.165, 1.54) is 40.7 Å². The maximum absolute atomic E-state index is 13.8. The summed E-state index contributed by atoms with van der Waals surface area (Å²) >= 11 is 5.98. The van der Waals surface area contributed by atoms with E-state index in [0.717, 1.165) is 11.6 Å². The van der Waals surface area contributed by atoms with Gasteiger partial charge in [0.15, 0.2) is 24.1 Å². The van der Waals surface area contributed by atoms with Gasteiger partial charge < -0.3 is 10.1 Å². The van der Waals surface area contributed by atoms with Crippen LogP contribution in [-0.4, -0.2) is 20.9 Å². The van der Waals surface area contributed by atoms with Crippen LogP contribution in [0.25, 0.3) is 0 Å². The molecule has 0 saturated carbocycles. The number of hydrogen-bond donors (Lipinski definition) is 1. The summed E-state index contributed by atoms with van der Waals surface area (Å²) in [5, 5.41) is 2.63. The summed E-state index contributed by atoms with van der Waals surface area (Å²) in [5.74, 6) is -5.19. The van der Waals surface area contributed by atoms with E-state index in [-0.39, 0.29) is 17.2 Å². The summed E-state index contributed by atoms with van der Waals surface area (Å²) in [4.78, 5) is 12.2. The molecule has 0 spiro atoms. The molecule has 0 heterocycles. The Kier molecular flexibility index (Phi) is 8.47. The molecule has 0 aromatic heterocycles. The minimum Gasteiger partial charge on any atom is -0.484 e. The van der Waals surface area contributed by atoms with Crippen LogP contribution < -0.4 is 14.4 Å².